The predicted molar refractivity (Wildman–Crippen MR) is 68.3 cm³/mol. The number of aliphatic carboxylic acids is 1. The third kappa shape index (κ3) is 2.79. The molecule has 1 atom stereocenters. The van der Waals surface area contributed by atoms with Gasteiger partial charge in [0, 0.05) is 30.9 Å². The van der Waals surface area contributed by atoms with Gasteiger partial charge in [-0.1, -0.05) is 6.92 Å². The van der Waals surface area contributed by atoms with Crippen LogP contribution in [0.3, 0.4) is 0 Å². The summed E-state index contributed by atoms with van der Waals surface area (Å²) < 4.78 is 0. The summed E-state index contributed by atoms with van der Waals surface area (Å²) in [6.07, 6.45) is 6.36. The lowest BCUT2D eigenvalue weighted by Crippen LogP contribution is -2.37. The maximum Gasteiger partial charge on any atom is 0.354 e. The monoisotopic (exact) mass is 250 g/mol. The molecule has 2 rings (SSSR count). The topological polar surface area (TPSA) is 73.1 Å². The van der Waals surface area contributed by atoms with Crippen LogP contribution in [0.25, 0.3) is 0 Å². The van der Waals surface area contributed by atoms with Crippen LogP contribution in [-0.4, -0.2) is 46.5 Å². The van der Waals surface area contributed by atoms with Crippen molar-refractivity contribution in [3.63, 3.8) is 0 Å². The number of carbonyl (C=O) groups is 1. The van der Waals surface area contributed by atoms with E-state index in [1.165, 1.54) is 0 Å². The van der Waals surface area contributed by atoms with Crippen molar-refractivity contribution >= 4 is 12.2 Å². The summed E-state index contributed by atoms with van der Waals surface area (Å²) in [5.41, 5.74) is 1.13. The van der Waals surface area contributed by atoms with Crippen LogP contribution in [0.2, 0.25) is 0 Å². The third-order valence-corrected chi connectivity index (χ3v) is 3.36. The maximum atomic E-state index is 10.9. The largest absolute Gasteiger partial charge is 0.477 e. The Hall–Kier alpha value is -1.62. The first-order valence-electron chi connectivity index (χ1n) is 6.20. The average Bonchev–Trinajstić information content (AvgIpc) is 2.53. The second kappa shape index (κ2) is 5.35. The second-order valence-corrected chi connectivity index (χ2v) is 4.73. The molecule has 5 nitrogen and oxygen atoms in total. The van der Waals surface area contributed by atoms with Crippen molar-refractivity contribution in [3.8, 4) is 0 Å². The van der Waals surface area contributed by atoms with Crippen LogP contribution in [0, 0.1) is 5.92 Å². The lowest BCUT2D eigenvalue weighted by atomic mass is 10.0. The molecule has 2 aliphatic heterocycles. The number of aliphatic imine (C=N–C) groups is 1. The highest BCUT2D eigenvalue weighted by molar-refractivity contribution is 5.89. The van der Waals surface area contributed by atoms with E-state index in [1.54, 1.807) is 12.3 Å². The molecule has 0 aromatic heterocycles. The molecule has 0 radical (unpaired) electrons. The van der Waals surface area contributed by atoms with Gasteiger partial charge in [0.25, 0.3) is 0 Å². The number of likely N-dealkylation sites (tertiary alicyclic amines) is 1. The Kier molecular flexibility index (Phi) is 3.81. The lowest BCUT2D eigenvalue weighted by molar-refractivity contribution is -0.132. The molecule has 0 bridgehead atoms. The molecule has 0 spiro atoms. The molecule has 0 saturated carbocycles. The Morgan fingerprint density at radius 3 is 2.67 bits per heavy atom. The van der Waals surface area contributed by atoms with E-state index in [9.17, 15) is 9.90 Å². The van der Waals surface area contributed by atoms with Crippen LogP contribution in [0.1, 0.15) is 19.8 Å². The SMILES string of the molecule is CC1C=NC(C(=O)O)=CC=C1N1CCC(O)CC1. The maximum absolute atomic E-state index is 10.9. The molecule has 2 N–H and O–H groups in total. The van der Waals surface area contributed by atoms with Crippen molar-refractivity contribution in [2.24, 2.45) is 10.9 Å². The molecule has 0 aromatic rings. The zero-order valence-electron chi connectivity index (χ0n) is 10.4. The van der Waals surface area contributed by atoms with Crippen LogP contribution in [0.15, 0.2) is 28.5 Å². The molecule has 0 amide bonds. The fourth-order valence-electron chi connectivity index (χ4n) is 2.27. The van der Waals surface area contributed by atoms with Gasteiger partial charge >= 0.3 is 5.97 Å². The number of carboxylic acid groups (broad SMARTS) is 1. The Bertz CT molecular complexity index is 418. The lowest BCUT2D eigenvalue weighted by Gasteiger charge is -2.34. The minimum Gasteiger partial charge on any atom is -0.477 e. The Labute approximate surface area is 106 Å². The molecule has 1 fully saturated rings. The van der Waals surface area contributed by atoms with E-state index in [0.29, 0.717) is 0 Å². The molecule has 18 heavy (non-hydrogen) atoms. The van der Waals surface area contributed by atoms with Crippen molar-refractivity contribution in [2.45, 2.75) is 25.9 Å². The zero-order valence-corrected chi connectivity index (χ0v) is 10.4. The van der Waals surface area contributed by atoms with Gasteiger partial charge in [-0.25, -0.2) is 4.79 Å². The fourth-order valence-corrected chi connectivity index (χ4v) is 2.27. The van der Waals surface area contributed by atoms with Crippen molar-refractivity contribution in [2.75, 3.05) is 13.1 Å². The van der Waals surface area contributed by atoms with Crippen molar-refractivity contribution < 1.29 is 15.0 Å². The van der Waals surface area contributed by atoms with Crippen LogP contribution < -0.4 is 0 Å². The van der Waals surface area contributed by atoms with Gasteiger partial charge in [0.15, 0.2) is 0 Å². The Morgan fingerprint density at radius 1 is 1.39 bits per heavy atom. The van der Waals surface area contributed by atoms with Gasteiger partial charge in [-0.05, 0) is 25.0 Å². The number of piperidine rings is 1. The molecule has 1 saturated heterocycles. The number of carboxylic acids is 1. The minimum absolute atomic E-state index is 0.0638. The smallest absolute Gasteiger partial charge is 0.354 e. The first-order valence-corrected chi connectivity index (χ1v) is 6.20. The normalized spacial score (nSPS) is 25.4. The van der Waals surface area contributed by atoms with Crippen LogP contribution in [-0.2, 0) is 4.79 Å². The highest BCUT2D eigenvalue weighted by Crippen LogP contribution is 2.22. The van der Waals surface area contributed by atoms with E-state index in [-0.39, 0.29) is 17.7 Å². The highest BCUT2D eigenvalue weighted by atomic mass is 16.4. The van der Waals surface area contributed by atoms with E-state index in [0.717, 1.165) is 31.6 Å². The van der Waals surface area contributed by atoms with Gasteiger partial charge in [0.05, 0.1) is 6.10 Å². The summed E-state index contributed by atoms with van der Waals surface area (Å²) in [4.78, 5) is 17.1. The molecule has 2 heterocycles. The van der Waals surface area contributed by atoms with Crippen LogP contribution in [0.5, 0.6) is 0 Å². The van der Waals surface area contributed by atoms with Gasteiger partial charge in [-0.15, -0.1) is 0 Å². The Morgan fingerprint density at radius 2 is 2.06 bits per heavy atom. The first kappa shape index (κ1) is 12.8. The van der Waals surface area contributed by atoms with Crippen molar-refractivity contribution in [3.05, 3.63) is 23.5 Å². The summed E-state index contributed by atoms with van der Waals surface area (Å²) in [6, 6.07) is 0. The third-order valence-electron chi connectivity index (χ3n) is 3.36. The summed E-state index contributed by atoms with van der Waals surface area (Å²) >= 11 is 0. The van der Waals surface area contributed by atoms with Crippen LogP contribution >= 0.6 is 0 Å². The van der Waals surface area contributed by atoms with Gasteiger partial charge in [-0.2, -0.15) is 0 Å². The van der Waals surface area contributed by atoms with E-state index in [1.807, 2.05) is 13.0 Å². The quantitative estimate of drug-likeness (QED) is 0.767. The second-order valence-electron chi connectivity index (χ2n) is 4.73. The number of hydrogen-bond donors (Lipinski definition) is 2. The van der Waals surface area contributed by atoms with Crippen molar-refractivity contribution in [1.29, 1.82) is 0 Å². The van der Waals surface area contributed by atoms with Gasteiger partial charge in [-0.3, -0.25) is 4.99 Å². The van der Waals surface area contributed by atoms with E-state index in [2.05, 4.69) is 9.89 Å². The number of aliphatic hydroxyl groups is 1. The molecule has 5 heteroatoms. The number of hydrogen-bond acceptors (Lipinski definition) is 4. The molecule has 0 aliphatic carbocycles. The van der Waals surface area contributed by atoms with Crippen molar-refractivity contribution in [1.82, 2.24) is 4.90 Å². The molecule has 2 aliphatic rings. The number of aliphatic hydroxyl groups excluding tert-OH is 1. The van der Waals surface area contributed by atoms with Gasteiger partial charge in [0.1, 0.15) is 5.70 Å². The predicted octanol–water partition coefficient (Wildman–Crippen LogP) is 1.02. The zero-order chi connectivity index (χ0) is 13.1. The van der Waals surface area contributed by atoms with Crippen LogP contribution in [0.4, 0.5) is 0 Å². The number of rotatable bonds is 2. The number of allylic oxidation sites excluding steroid dienone is 3. The summed E-state index contributed by atoms with van der Waals surface area (Å²) in [5, 5.41) is 18.4. The standard InChI is InChI=1S/C13H18N2O3/c1-9-8-14-11(13(17)18)2-3-12(9)15-6-4-10(16)5-7-15/h2-3,8-10,16H,4-7H2,1H3,(H,17,18). The molecular formula is C13H18N2O3. The fraction of sp³-hybridized carbons (Fsp3) is 0.538. The van der Waals surface area contributed by atoms with Gasteiger partial charge < -0.3 is 15.1 Å². The van der Waals surface area contributed by atoms with E-state index < -0.39 is 5.97 Å². The minimum atomic E-state index is -1.01. The first-order chi connectivity index (χ1) is 8.58. The summed E-state index contributed by atoms with van der Waals surface area (Å²) in [5.74, 6) is -0.918. The van der Waals surface area contributed by atoms with E-state index in [4.69, 9.17) is 5.11 Å². The molecule has 98 valence electrons. The average molecular weight is 250 g/mol. The van der Waals surface area contributed by atoms with E-state index >= 15 is 0 Å². The number of nitrogens with zero attached hydrogens (tertiary/aromatic N) is 2. The molecule has 0 aromatic carbocycles. The van der Waals surface area contributed by atoms with Gasteiger partial charge in [0.2, 0.25) is 0 Å². The Balaban J connectivity index is 2.16. The molecule has 1 unspecified atom stereocenters. The summed E-state index contributed by atoms with van der Waals surface area (Å²) in [7, 11) is 0. The summed E-state index contributed by atoms with van der Waals surface area (Å²) in [6.45, 7) is 3.61. The molecular weight excluding hydrogens is 232 g/mol. The highest BCUT2D eigenvalue weighted by Gasteiger charge is 2.22.